The Hall–Kier alpha value is -2.51. The van der Waals surface area contributed by atoms with E-state index in [-0.39, 0.29) is 0 Å². The summed E-state index contributed by atoms with van der Waals surface area (Å²) in [6, 6.07) is 9.01. The highest BCUT2D eigenvalue weighted by molar-refractivity contribution is 5.87. The summed E-state index contributed by atoms with van der Waals surface area (Å²) in [5.74, 6) is -2.12. The third kappa shape index (κ3) is 5.93. The molecule has 0 spiro atoms. The average Bonchev–Trinajstić information content (AvgIpc) is 3.72. The van der Waals surface area contributed by atoms with Gasteiger partial charge in [-0.05, 0) is 24.6 Å². The van der Waals surface area contributed by atoms with Crippen LogP contribution in [0.4, 0.5) is 0 Å². The van der Waals surface area contributed by atoms with Gasteiger partial charge >= 0.3 is 5.97 Å². The molecule has 45 heavy (non-hydrogen) atoms. The Labute approximate surface area is 257 Å². The molecule has 4 fully saturated rings. The number of carbonyl (C=O) groups excluding carboxylic acids is 1. The lowest BCUT2D eigenvalue weighted by molar-refractivity contribution is -0.347. The number of fused-ring (bicyclic) bond motifs is 3. The van der Waals surface area contributed by atoms with Crippen LogP contribution in [0.3, 0.4) is 0 Å². The van der Waals surface area contributed by atoms with Crippen molar-refractivity contribution in [3.05, 3.63) is 54.3 Å². The molecule has 0 amide bonds. The second-order valence-corrected chi connectivity index (χ2v) is 11.9. The molecular formula is C30H38O15. The molecule has 3 saturated heterocycles. The van der Waals surface area contributed by atoms with Crippen LogP contribution >= 0.6 is 0 Å². The summed E-state index contributed by atoms with van der Waals surface area (Å²) in [5.41, 5.74) is -0.478. The molecule has 7 N–H and O–H groups in total. The van der Waals surface area contributed by atoms with E-state index in [1.165, 1.54) is 25.3 Å². The third-order valence-corrected chi connectivity index (χ3v) is 9.14. The number of epoxide rings is 1. The van der Waals surface area contributed by atoms with E-state index in [0.717, 1.165) is 5.56 Å². The first-order valence-corrected chi connectivity index (χ1v) is 14.8. The van der Waals surface area contributed by atoms with Gasteiger partial charge in [0.15, 0.2) is 18.7 Å². The van der Waals surface area contributed by atoms with Crippen molar-refractivity contribution in [2.75, 3.05) is 13.2 Å². The van der Waals surface area contributed by atoms with Crippen LogP contribution in [0.5, 0.6) is 0 Å². The molecule has 5 aliphatic rings. The maximum absolute atomic E-state index is 12.7. The molecule has 0 bridgehead atoms. The summed E-state index contributed by atoms with van der Waals surface area (Å²) in [6.45, 7) is 0.397. The fraction of sp³-hybridized carbons (Fsp3) is 0.633. The van der Waals surface area contributed by atoms with Gasteiger partial charge in [-0.15, -0.1) is 0 Å². The monoisotopic (exact) mass is 638 g/mol. The highest BCUT2D eigenvalue weighted by Crippen LogP contribution is 2.61. The number of benzene rings is 1. The SMILES string of the molecule is C[C@@H]1O[C@@H](O[C@H]2[C@@H]3C=CO[C@@H](O[C@H]4O[C@@H](CO)[C@H](O)[C@@H](O)[C@@H]4O)[C@@H]3[C@@]3(CO)O[C@@H]23)[C@H](OC(=O)C=Cc2ccccc2)[C@H](O)[C@H]1O. The Bertz CT molecular complexity index is 1240. The molecule has 15 nitrogen and oxygen atoms in total. The summed E-state index contributed by atoms with van der Waals surface area (Å²) < 4.78 is 40.7. The van der Waals surface area contributed by atoms with Crippen molar-refractivity contribution in [3.63, 3.8) is 0 Å². The first-order chi connectivity index (χ1) is 21.6. The number of hydrogen-bond donors (Lipinski definition) is 7. The van der Waals surface area contributed by atoms with Crippen LogP contribution in [0.2, 0.25) is 0 Å². The van der Waals surface area contributed by atoms with Crippen molar-refractivity contribution in [1.82, 2.24) is 0 Å². The van der Waals surface area contributed by atoms with Crippen molar-refractivity contribution in [1.29, 1.82) is 0 Å². The number of rotatable bonds is 9. The number of aliphatic hydroxyl groups is 7. The van der Waals surface area contributed by atoms with E-state index >= 15 is 0 Å². The zero-order valence-electron chi connectivity index (χ0n) is 24.2. The van der Waals surface area contributed by atoms with E-state index in [0.29, 0.717) is 0 Å². The molecule has 16 atom stereocenters. The van der Waals surface area contributed by atoms with Crippen molar-refractivity contribution in [2.45, 2.75) is 92.4 Å². The van der Waals surface area contributed by atoms with Crippen LogP contribution in [0, 0.1) is 11.8 Å². The van der Waals surface area contributed by atoms with Crippen molar-refractivity contribution < 1.29 is 73.7 Å². The predicted octanol–water partition coefficient (Wildman–Crippen LogP) is -2.47. The van der Waals surface area contributed by atoms with Gasteiger partial charge in [-0.1, -0.05) is 30.3 Å². The van der Waals surface area contributed by atoms with Gasteiger partial charge in [-0.3, -0.25) is 0 Å². The number of esters is 1. The smallest absolute Gasteiger partial charge is 0.331 e. The van der Waals surface area contributed by atoms with Gasteiger partial charge in [0.2, 0.25) is 6.29 Å². The molecule has 6 rings (SSSR count). The third-order valence-electron chi connectivity index (χ3n) is 9.14. The Morgan fingerprint density at radius 2 is 1.64 bits per heavy atom. The zero-order chi connectivity index (χ0) is 32.0. The lowest BCUT2D eigenvalue weighted by Gasteiger charge is -2.44. The van der Waals surface area contributed by atoms with Gasteiger partial charge in [0.05, 0.1) is 37.6 Å². The van der Waals surface area contributed by atoms with Crippen LogP contribution in [0.25, 0.3) is 6.08 Å². The molecule has 4 heterocycles. The fourth-order valence-electron chi connectivity index (χ4n) is 6.60. The zero-order valence-corrected chi connectivity index (χ0v) is 24.2. The average molecular weight is 639 g/mol. The summed E-state index contributed by atoms with van der Waals surface area (Å²) >= 11 is 0. The topological polar surface area (TPSA) is 227 Å². The number of ether oxygens (including phenoxy) is 7. The molecule has 0 unspecified atom stereocenters. The lowest BCUT2D eigenvalue weighted by atomic mass is 9.85. The van der Waals surface area contributed by atoms with E-state index in [4.69, 9.17) is 33.2 Å². The predicted molar refractivity (Wildman–Crippen MR) is 147 cm³/mol. The molecule has 0 radical (unpaired) electrons. The van der Waals surface area contributed by atoms with E-state index in [1.807, 2.05) is 6.07 Å². The molecule has 1 aromatic carbocycles. The maximum atomic E-state index is 12.7. The van der Waals surface area contributed by atoms with Crippen LogP contribution in [0.15, 0.2) is 48.7 Å². The Morgan fingerprint density at radius 1 is 0.889 bits per heavy atom. The molecule has 248 valence electrons. The molecule has 1 aromatic rings. The summed E-state index contributed by atoms with van der Waals surface area (Å²) in [6.07, 6.45) is -11.4. The number of carbonyl (C=O) groups is 1. The Morgan fingerprint density at radius 3 is 2.36 bits per heavy atom. The molecule has 1 aliphatic carbocycles. The highest BCUT2D eigenvalue weighted by atomic mass is 16.8. The minimum atomic E-state index is -1.69. The lowest BCUT2D eigenvalue weighted by Crippen LogP contribution is -2.61. The molecular weight excluding hydrogens is 600 g/mol. The first kappa shape index (κ1) is 32.4. The summed E-state index contributed by atoms with van der Waals surface area (Å²) in [7, 11) is 0. The van der Waals surface area contributed by atoms with Crippen LogP contribution in [0.1, 0.15) is 12.5 Å². The quantitative estimate of drug-likeness (QED) is 0.0845. The molecule has 0 aromatic heterocycles. The summed E-state index contributed by atoms with van der Waals surface area (Å²) in [4.78, 5) is 12.7. The maximum Gasteiger partial charge on any atom is 0.331 e. The largest absolute Gasteiger partial charge is 0.472 e. The van der Waals surface area contributed by atoms with Gasteiger partial charge < -0.3 is 68.9 Å². The van der Waals surface area contributed by atoms with Crippen LogP contribution < -0.4 is 0 Å². The van der Waals surface area contributed by atoms with E-state index in [2.05, 4.69) is 0 Å². The fourth-order valence-corrected chi connectivity index (χ4v) is 6.60. The summed E-state index contributed by atoms with van der Waals surface area (Å²) in [5, 5.41) is 72.2. The van der Waals surface area contributed by atoms with E-state index in [1.54, 1.807) is 30.3 Å². The van der Waals surface area contributed by atoms with Crippen molar-refractivity contribution in [2.24, 2.45) is 11.8 Å². The van der Waals surface area contributed by atoms with Gasteiger partial charge in [0.25, 0.3) is 0 Å². The minimum Gasteiger partial charge on any atom is -0.472 e. The van der Waals surface area contributed by atoms with E-state index < -0.39 is 117 Å². The van der Waals surface area contributed by atoms with Crippen LogP contribution in [-0.4, -0.2) is 140 Å². The molecule has 1 saturated carbocycles. The second kappa shape index (κ2) is 12.9. The van der Waals surface area contributed by atoms with E-state index in [9.17, 15) is 40.5 Å². The second-order valence-electron chi connectivity index (χ2n) is 11.9. The first-order valence-electron chi connectivity index (χ1n) is 14.8. The highest BCUT2D eigenvalue weighted by Gasteiger charge is 2.77. The van der Waals surface area contributed by atoms with Gasteiger partial charge in [0.1, 0.15) is 48.3 Å². The Kier molecular flexibility index (Phi) is 9.33. The van der Waals surface area contributed by atoms with Gasteiger partial charge in [0, 0.05) is 12.0 Å². The van der Waals surface area contributed by atoms with Gasteiger partial charge in [-0.25, -0.2) is 4.79 Å². The normalized spacial score (nSPS) is 47.2. The van der Waals surface area contributed by atoms with Crippen molar-refractivity contribution >= 4 is 12.0 Å². The standard InChI is InChI=1S/C30H38O15/c1-13-19(34)22(37)25(42-17(33)8-7-14-5-3-2-4-6-14)29(40-13)43-24-15-9-10-39-27(18(15)30(12-32)26(24)45-30)44-28-23(38)21(36)20(35)16(11-31)41-28/h2-10,13,15-16,18-29,31-32,34-38H,11-12H2,1H3/t13-,15+,16-,18+,19-,20-,21+,22+,23-,24-,25+,26-,27-,28+,29-,30+/m0/s1. The number of hydrogen-bond acceptors (Lipinski definition) is 15. The van der Waals surface area contributed by atoms with Gasteiger partial charge in [-0.2, -0.15) is 0 Å². The van der Waals surface area contributed by atoms with Crippen LogP contribution in [-0.2, 0) is 38.0 Å². The molecule has 15 heteroatoms. The Balaban J connectivity index is 1.19. The molecule has 4 aliphatic heterocycles. The van der Waals surface area contributed by atoms with Crippen molar-refractivity contribution in [3.8, 4) is 0 Å². The number of aliphatic hydroxyl groups excluding tert-OH is 7. The minimum absolute atomic E-state index is 0.476.